The minimum absolute atomic E-state index is 0. The molecular formula is C20H22ClN3OS. The number of hydrogen-bond acceptors (Lipinski definition) is 3. The summed E-state index contributed by atoms with van der Waals surface area (Å²) < 4.78 is 2.01. The average Bonchev–Trinajstić information content (AvgIpc) is 3.27. The van der Waals surface area contributed by atoms with Gasteiger partial charge in [-0.15, -0.1) is 23.7 Å². The van der Waals surface area contributed by atoms with Gasteiger partial charge in [0.25, 0.3) is 5.91 Å². The number of fused-ring (bicyclic) bond motifs is 1. The summed E-state index contributed by atoms with van der Waals surface area (Å²) in [6.07, 6.45) is 5.03. The Hall–Kier alpha value is -2.24. The van der Waals surface area contributed by atoms with Gasteiger partial charge in [-0.05, 0) is 66.1 Å². The van der Waals surface area contributed by atoms with Crippen molar-refractivity contribution in [2.24, 2.45) is 0 Å². The summed E-state index contributed by atoms with van der Waals surface area (Å²) in [5.41, 5.74) is 9.85. The first kappa shape index (κ1) is 18.5. The predicted molar refractivity (Wildman–Crippen MR) is 109 cm³/mol. The molecule has 0 spiro atoms. The van der Waals surface area contributed by atoms with Crippen molar-refractivity contribution < 1.29 is 4.79 Å². The third-order valence-electron chi connectivity index (χ3n) is 4.76. The lowest BCUT2D eigenvalue weighted by Gasteiger charge is -2.27. The predicted octanol–water partition coefficient (Wildman–Crippen LogP) is 4.41. The molecule has 4 nitrogen and oxygen atoms in total. The van der Waals surface area contributed by atoms with Crippen LogP contribution in [0.5, 0.6) is 0 Å². The fourth-order valence-corrected chi connectivity index (χ4v) is 4.25. The number of carbonyl (C=O) groups is 1. The maximum Gasteiger partial charge on any atom is 0.268 e. The minimum atomic E-state index is -0.0174. The quantitative estimate of drug-likeness (QED) is 0.651. The van der Waals surface area contributed by atoms with E-state index in [1.807, 2.05) is 41.1 Å². The number of nitrogen functional groups attached to an aromatic ring is 1. The standard InChI is InChI=1S/C20H21N3OS.ClH/c21-15-8-9-17-14(12-15)4-1-6-18(17)22-20(24)19-7-2-10-23(19)13-16-5-3-11-25-16;/h2-3,5,7-12,18H,1,4,6,13,21H2,(H,22,24);1H. The number of carbonyl (C=O) groups excluding carboxylic acids is 1. The molecule has 0 saturated carbocycles. The van der Waals surface area contributed by atoms with Crippen molar-refractivity contribution in [1.82, 2.24) is 9.88 Å². The molecule has 26 heavy (non-hydrogen) atoms. The molecule has 6 heteroatoms. The third-order valence-corrected chi connectivity index (χ3v) is 5.62. The Labute approximate surface area is 163 Å². The van der Waals surface area contributed by atoms with E-state index in [0.717, 1.165) is 31.5 Å². The lowest BCUT2D eigenvalue weighted by Crippen LogP contribution is -2.32. The SMILES string of the molecule is Cl.Nc1ccc2c(c1)CCCC2NC(=O)c1cccn1Cc1cccs1. The first-order chi connectivity index (χ1) is 12.2. The monoisotopic (exact) mass is 387 g/mol. The fraction of sp³-hybridized carbons (Fsp3) is 0.250. The number of aryl methyl sites for hydroxylation is 1. The summed E-state index contributed by atoms with van der Waals surface area (Å²) in [4.78, 5) is 14.1. The van der Waals surface area contributed by atoms with E-state index in [0.29, 0.717) is 5.69 Å². The Morgan fingerprint density at radius 2 is 2.15 bits per heavy atom. The van der Waals surface area contributed by atoms with Gasteiger partial charge in [0.1, 0.15) is 5.69 Å². The van der Waals surface area contributed by atoms with Crippen LogP contribution in [-0.2, 0) is 13.0 Å². The second-order valence-corrected chi connectivity index (χ2v) is 7.51. The number of nitrogens with zero attached hydrogens (tertiary/aromatic N) is 1. The number of halogens is 1. The molecule has 4 rings (SSSR count). The number of benzene rings is 1. The topological polar surface area (TPSA) is 60.0 Å². The number of hydrogen-bond donors (Lipinski definition) is 2. The van der Waals surface area contributed by atoms with Crippen LogP contribution in [0.1, 0.15) is 45.4 Å². The van der Waals surface area contributed by atoms with Crippen LogP contribution < -0.4 is 11.1 Å². The molecule has 1 atom stereocenters. The van der Waals surface area contributed by atoms with Gasteiger partial charge in [-0.3, -0.25) is 4.79 Å². The molecule has 0 saturated heterocycles. The maximum absolute atomic E-state index is 12.8. The minimum Gasteiger partial charge on any atom is -0.399 e. The summed E-state index contributed by atoms with van der Waals surface area (Å²) in [5.74, 6) is -0.0174. The molecule has 0 bridgehead atoms. The van der Waals surface area contributed by atoms with E-state index >= 15 is 0 Å². The average molecular weight is 388 g/mol. The van der Waals surface area contributed by atoms with E-state index in [2.05, 4.69) is 22.8 Å². The van der Waals surface area contributed by atoms with Crippen LogP contribution in [0.4, 0.5) is 5.69 Å². The highest BCUT2D eigenvalue weighted by molar-refractivity contribution is 7.09. The summed E-state index contributed by atoms with van der Waals surface area (Å²) in [7, 11) is 0. The molecule has 0 fully saturated rings. The second kappa shape index (κ2) is 7.98. The Bertz CT molecular complexity index is 888. The molecule has 1 aromatic carbocycles. The van der Waals surface area contributed by atoms with E-state index in [4.69, 9.17) is 5.73 Å². The Balaban J connectivity index is 0.00000196. The van der Waals surface area contributed by atoms with Gasteiger partial charge in [0.05, 0.1) is 12.6 Å². The van der Waals surface area contributed by atoms with Crippen LogP contribution >= 0.6 is 23.7 Å². The smallest absolute Gasteiger partial charge is 0.268 e. The highest BCUT2D eigenvalue weighted by Crippen LogP contribution is 2.31. The molecule has 2 aromatic heterocycles. The van der Waals surface area contributed by atoms with Crippen molar-refractivity contribution in [2.75, 3.05) is 5.73 Å². The van der Waals surface area contributed by atoms with Crippen molar-refractivity contribution in [2.45, 2.75) is 31.8 Å². The van der Waals surface area contributed by atoms with E-state index in [1.165, 1.54) is 16.0 Å². The van der Waals surface area contributed by atoms with Crippen LogP contribution in [0.25, 0.3) is 0 Å². The molecule has 136 valence electrons. The molecule has 1 unspecified atom stereocenters. The largest absolute Gasteiger partial charge is 0.399 e. The normalized spacial score (nSPS) is 15.8. The molecule has 1 aliphatic carbocycles. The molecule has 0 radical (unpaired) electrons. The fourth-order valence-electron chi connectivity index (χ4n) is 3.54. The van der Waals surface area contributed by atoms with Gasteiger partial charge in [-0.1, -0.05) is 12.1 Å². The number of nitrogens with two attached hydrogens (primary N) is 1. The molecule has 3 aromatic rings. The summed E-state index contributed by atoms with van der Waals surface area (Å²) in [6.45, 7) is 0.727. The molecule has 3 N–H and O–H groups in total. The van der Waals surface area contributed by atoms with Crippen molar-refractivity contribution in [3.05, 3.63) is 75.7 Å². The van der Waals surface area contributed by atoms with Crippen LogP contribution in [0, 0.1) is 0 Å². The Kier molecular flexibility index (Phi) is 5.69. The summed E-state index contributed by atoms with van der Waals surface area (Å²) >= 11 is 1.70. The Morgan fingerprint density at radius 3 is 2.96 bits per heavy atom. The van der Waals surface area contributed by atoms with Gasteiger partial charge in [0.15, 0.2) is 0 Å². The van der Waals surface area contributed by atoms with Gasteiger partial charge in [-0.2, -0.15) is 0 Å². The van der Waals surface area contributed by atoms with Crippen LogP contribution in [0.3, 0.4) is 0 Å². The number of rotatable bonds is 4. The van der Waals surface area contributed by atoms with Crippen molar-refractivity contribution in [1.29, 1.82) is 0 Å². The van der Waals surface area contributed by atoms with E-state index in [1.54, 1.807) is 11.3 Å². The zero-order valence-electron chi connectivity index (χ0n) is 14.4. The summed E-state index contributed by atoms with van der Waals surface area (Å²) in [5, 5.41) is 5.28. The summed E-state index contributed by atoms with van der Waals surface area (Å²) in [6, 6.07) is 14.0. The highest BCUT2D eigenvalue weighted by atomic mass is 35.5. The zero-order chi connectivity index (χ0) is 17.2. The number of anilines is 1. The number of amides is 1. The first-order valence-electron chi connectivity index (χ1n) is 8.57. The first-order valence-corrected chi connectivity index (χ1v) is 9.45. The van der Waals surface area contributed by atoms with Crippen LogP contribution in [-0.4, -0.2) is 10.5 Å². The van der Waals surface area contributed by atoms with Gasteiger partial charge in [0.2, 0.25) is 0 Å². The van der Waals surface area contributed by atoms with Crippen molar-refractivity contribution >= 4 is 35.3 Å². The van der Waals surface area contributed by atoms with Crippen LogP contribution in [0.2, 0.25) is 0 Å². The van der Waals surface area contributed by atoms with Gasteiger partial charge in [-0.25, -0.2) is 0 Å². The lowest BCUT2D eigenvalue weighted by atomic mass is 9.87. The van der Waals surface area contributed by atoms with Crippen LogP contribution in [0.15, 0.2) is 54.0 Å². The van der Waals surface area contributed by atoms with Crippen molar-refractivity contribution in [3.63, 3.8) is 0 Å². The molecule has 2 heterocycles. The maximum atomic E-state index is 12.8. The molecular weight excluding hydrogens is 366 g/mol. The zero-order valence-corrected chi connectivity index (χ0v) is 16.0. The lowest BCUT2D eigenvalue weighted by molar-refractivity contribution is 0.0924. The highest BCUT2D eigenvalue weighted by Gasteiger charge is 2.23. The number of aromatic nitrogens is 1. The molecule has 1 amide bonds. The van der Waals surface area contributed by atoms with E-state index in [-0.39, 0.29) is 24.4 Å². The second-order valence-electron chi connectivity index (χ2n) is 6.48. The Morgan fingerprint density at radius 1 is 1.27 bits per heavy atom. The third kappa shape index (κ3) is 3.79. The van der Waals surface area contributed by atoms with E-state index < -0.39 is 0 Å². The van der Waals surface area contributed by atoms with Gasteiger partial charge >= 0.3 is 0 Å². The van der Waals surface area contributed by atoms with Gasteiger partial charge in [0, 0.05) is 16.8 Å². The molecule has 0 aliphatic heterocycles. The number of nitrogens with one attached hydrogen (secondary N) is 1. The molecule has 1 aliphatic rings. The van der Waals surface area contributed by atoms with Crippen molar-refractivity contribution in [3.8, 4) is 0 Å². The number of thiophene rings is 1. The van der Waals surface area contributed by atoms with Gasteiger partial charge < -0.3 is 15.6 Å². The van der Waals surface area contributed by atoms with E-state index in [9.17, 15) is 4.79 Å².